The van der Waals surface area contributed by atoms with E-state index >= 15 is 0 Å². The zero-order chi connectivity index (χ0) is 11.4. The van der Waals surface area contributed by atoms with Crippen LogP contribution >= 0.6 is 0 Å². The molecule has 0 bridgehead atoms. The molecule has 0 radical (unpaired) electrons. The van der Waals surface area contributed by atoms with Crippen molar-refractivity contribution in [2.75, 3.05) is 6.54 Å². The summed E-state index contributed by atoms with van der Waals surface area (Å²) in [6.45, 7) is 10.3. The fourth-order valence-electron chi connectivity index (χ4n) is 2.79. The van der Waals surface area contributed by atoms with E-state index in [0.717, 1.165) is 31.0 Å². The molecule has 3 atom stereocenters. The summed E-state index contributed by atoms with van der Waals surface area (Å²) in [6, 6.07) is 1.81. The molecule has 2 N–H and O–H groups in total. The van der Waals surface area contributed by atoms with E-state index in [1.165, 1.54) is 19.3 Å². The van der Waals surface area contributed by atoms with Crippen molar-refractivity contribution >= 4 is 0 Å². The van der Waals surface area contributed by atoms with Crippen LogP contribution in [0.5, 0.6) is 0 Å². The lowest BCUT2D eigenvalue weighted by molar-refractivity contribution is 0.0933. The maximum absolute atomic E-state index is 6.19. The first-order chi connectivity index (χ1) is 7.00. The molecule has 0 spiro atoms. The van der Waals surface area contributed by atoms with Gasteiger partial charge in [-0.25, -0.2) is 0 Å². The Balaban J connectivity index is 2.40. The highest BCUT2D eigenvalue weighted by molar-refractivity contribution is 4.82. The van der Waals surface area contributed by atoms with Gasteiger partial charge in [-0.15, -0.1) is 0 Å². The number of hydrogen-bond donors (Lipinski definition) is 1. The van der Waals surface area contributed by atoms with Crippen LogP contribution < -0.4 is 5.73 Å². The third-order valence-corrected chi connectivity index (χ3v) is 3.60. The van der Waals surface area contributed by atoms with Gasteiger partial charge in [0.25, 0.3) is 0 Å². The molecule has 0 aromatic heterocycles. The lowest BCUT2D eigenvalue weighted by Gasteiger charge is -2.40. The highest BCUT2D eigenvalue weighted by Crippen LogP contribution is 2.22. The van der Waals surface area contributed by atoms with Crippen molar-refractivity contribution in [2.45, 2.75) is 71.5 Å². The van der Waals surface area contributed by atoms with E-state index < -0.39 is 0 Å². The molecule has 1 unspecified atom stereocenters. The quantitative estimate of drug-likeness (QED) is 0.776. The maximum Gasteiger partial charge on any atom is 0.0170 e. The number of likely N-dealkylation sites (tertiary alicyclic amines) is 1. The van der Waals surface area contributed by atoms with Crippen molar-refractivity contribution in [3.8, 4) is 0 Å². The summed E-state index contributed by atoms with van der Waals surface area (Å²) in [5.41, 5.74) is 6.19. The first-order valence-electron chi connectivity index (χ1n) is 6.52. The van der Waals surface area contributed by atoms with Crippen LogP contribution in [0.1, 0.15) is 53.4 Å². The van der Waals surface area contributed by atoms with Gasteiger partial charge in [-0.05, 0) is 39.0 Å². The Kier molecular flexibility index (Phi) is 5.07. The van der Waals surface area contributed by atoms with Crippen molar-refractivity contribution in [1.82, 2.24) is 4.90 Å². The molecular weight excluding hydrogens is 184 g/mol. The standard InChI is InChI=1S/C13H28N2/c1-10(2)8-13(14)9-15-11(3)6-5-7-12(15)4/h10-13H,5-9,14H2,1-4H3/t11-,12+,13?. The van der Waals surface area contributed by atoms with Gasteiger partial charge in [0.15, 0.2) is 0 Å². The van der Waals surface area contributed by atoms with Crippen molar-refractivity contribution in [2.24, 2.45) is 11.7 Å². The molecule has 1 heterocycles. The highest BCUT2D eigenvalue weighted by Gasteiger charge is 2.25. The second-order valence-electron chi connectivity index (χ2n) is 5.72. The average molecular weight is 212 g/mol. The van der Waals surface area contributed by atoms with Gasteiger partial charge in [0, 0.05) is 24.7 Å². The van der Waals surface area contributed by atoms with Crippen molar-refractivity contribution < 1.29 is 0 Å². The summed E-state index contributed by atoms with van der Waals surface area (Å²) < 4.78 is 0. The van der Waals surface area contributed by atoms with E-state index in [1.54, 1.807) is 0 Å². The Morgan fingerprint density at radius 2 is 1.73 bits per heavy atom. The van der Waals surface area contributed by atoms with Crippen molar-refractivity contribution in [3.05, 3.63) is 0 Å². The van der Waals surface area contributed by atoms with Gasteiger partial charge in [0.05, 0.1) is 0 Å². The molecule has 0 saturated carbocycles. The molecule has 15 heavy (non-hydrogen) atoms. The summed E-state index contributed by atoms with van der Waals surface area (Å²) in [5.74, 6) is 0.718. The fraction of sp³-hybridized carbons (Fsp3) is 1.00. The molecule has 90 valence electrons. The van der Waals surface area contributed by atoms with Crippen molar-refractivity contribution in [3.63, 3.8) is 0 Å². The van der Waals surface area contributed by atoms with Crippen molar-refractivity contribution in [1.29, 1.82) is 0 Å². The molecule has 0 aromatic rings. The minimum Gasteiger partial charge on any atom is -0.327 e. The second-order valence-corrected chi connectivity index (χ2v) is 5.72. The maximum atomic E-state index is 6.19. The van der Waals surface area contributed by atoms with Gasteiger partial charge in [0.2, 0.25) is 0 Å². The van der Waals surface area contributed by atoms with Crippen LogP contribution in [0.4, 0.5) is 0 Å². The number of nitrogens with two attached hydrogens (primary N) is 1. The van der Waals surface area contributed by atoms with Crippen LogP contribution in [0.25, 0.3) is 0 Å². The number of nitrogens with zero attached hydrogens (tertiary/aromatic N) is 1. The van der Waals surface area contributed by atoms with Gasteiger partial charge in [-0.3, -0.25) is 4.90 Å². The summed E-state index contributed by atoms with van der Waals surface area (Å²) >= 11 is 0. The zero-order valence-corrected chi connectivity index (χ0v) is 10.9. The molecule has 1 fully saturated rings. The summed E-state index contributed by atoms with van der Waals surface area (Å²) in [4.78, 5) is 2.61. The summed E-state index contributed by atoms with van der Waals surface area (Å²) in [7, 11) is 0. The lowest BCUT2D eigenvalue weighted by Crippen LogP contribution is -2.49. The van der Waals surface area contributed by atoms with Crippen LogP contribution in [0, 0.1) is 5.92 Å². The van der Waals surface area contributed by atoms with E-state index in [4.69, 9.17) is 5.73 Å². The van der Waals surface area contributed by atoms with E-state index in [2.05, 4.69) is 32.6 Å². The molecule has 2 nitrogen and oxygen atoms in total. The lowest BCUT2D eigenvalue weighted by atomic mass is 9.95. The predicted molar refractivity (Wildman–Crippen MR) is 66.9 cm³/mol. The zero-order valence-electron chi connectivity index (χ0n) is 10.9. The molecular formula is C13H28N2. The number of hydrogen-bond acceptors (Lipinski definition) is 2. The largest absolute Gasteiger partial charge is 0.327 e. The van der Waals surface area contributed by atoms with Gasteiger partial charge < -0.3 is 5.73 Å². The minimum absolute atomic E-state index is 0.355. The summed E-state index contributed by atoms with van der Waals surface area (Å²) in [6.07, 6.45) is 5.23. The Labute approximate surface area is 95.2 Å². The molecule has 1 aliphatic heterocycles. The van der Waals surface area contributed by atoms with Crippen LogP contribution in [-0.4, -0.2) is 29.6 Å². The van der Waals surface area contributed by atoms with E-state index in [-0.39, 0.29) is 0 Å². The van der Waals surface area contributed by atoms with E-state index in [0.29, 0.717) is 6.04 Å². The third-order valence-electron chi connectivity index (χ3n) is 3.60. The number of piperidine rings is 1. The van der Waals surface area contributed by atoms with Gasteiger partial charge in [-0.2, -0.15) is 0 Å². The summed E-state index contributed by atoms with van der Waals surface area (Å²) in [5, 5.41) is 0. The van der Waals surface area contributed by atoms with Crippen LogP contribution in [0.15, 0.2) is 0 Å². The third kappa shape index (κ3) is 4.12. The molecule has 1 rings (SSSR count). The Hall–Kier alpha value is -0.0800. The normalized spacial score (nSPS) is 30.8. The van der Waals surface area contributed by atoms with E-state index in [9.17, 15) is 0 Å². The van der Waals surface area contributed by atoms with Gasteiger partial charge >= 0.3 is 0 Å². The van der Waals surface area contributed by atoms with Crippen LogP contribution in [-0.2, 0) is 0 Å². The fourth-order valence-corrected chi connectivity index (χ4v) is 2.79. The number of rotatable bonds is 4. The highest BCUT2D eigenvalue weighted by atomic mass is 15.2. The Morgan fingerprint density at radius 1 is 1.20 bits per heavy atom. The molecule has 0 amide bonds. The smallest absolute Gasteiger partial charge is 0.0170 e. The van der Waals surface area contributed by atoms with Gasteiger partial charge in [-0.1, -0.05) is 20.3 Å². The Morgan fingerprint density at radius 3 is 2.20 bits per heavy atom. The van der Waals surface area contributed by atoms with Gasteiger partial charge in [0.1, 0.15) is 0 Å². The Bertz CT molecular complexity index is 169. The molecule has 0 aliphatic carbocycles. The molecule has 1 aliphatic rings. The average Bonchev–Trinajstić information content (AvgIpc) is 2.10. The topological polar surface area (TPSA) is 29.3 Å². The first-order valence-corrected chi connectivity index (χ1v) is 6.52. The molecule has 2 heteroatoms. The van der Waals surface area contributed by atoms with Crippen LogP contribution in [0.3, 0.4) is 0 Å². The van der Waals surface area contributed by atoms with E-state index in [1.807, 2.05) is 0 Å². The first kappa shape index (κ1) is 13.0. The molecule has 0 aromatic carbocycles. The monoisotopic (exact) mass is 212 g/mol. The SMILES string of the molecule is CC(C)CC(N)CN1[C@H](C)CCC[C@@H]1C. The second kappa shape index (κ2) is 5.86. The minimum atomic E-state index is 0.355. The molecule has 1 saturated heterocycles. The predicted octanol–water partition coefficient (Wildman–Crippen LogP) is 2.62. The van der Waals surface area contributed by atoms with Crippen LogP contribution in [0.2, 0.25) is 0 Å².